The average Bonchev–Trinajstić information content (AvgIpc) is 2.86. The van der Waals surface area contributed by atoms with E-state index in [9.17, 15) is 4.79 Å². The minimum absolute atomic E-state index is 0.0277. The summed E-state index contributed by atoms with van der Waals surface area (Å²) in [6.07, 6.45) is 0.374. The van der Waals surface area contributed by atoms with E-state index < -0.39 is 0 Å². The fourth-order valence-corrected chi connectivity index (χ4v) is 4.33. The van der Waals surface area contributed by atoms with Gasteiger partial charge < -0.3 is 9.88 Å². The molecular weight excluding hydrogens is 400 g/mol. The highest BCUT2D eigenvalue weighted by atomic mass is 79.9. The van der Waals surface area contributed by atoms with Gasteiger partial charge in [0.25, 0.3) is 0 Å². The molecule has 132 valence electrons. The van der Waals surface area contributed by atoms with E-state index in [1.54, 1.807) is 0 Å². The Bertz CT molecular complexity index is 1180. The maximum atomic E-state index is 12.6. The van der Waals surface area contributed by atoms with Crippen LogP contribution in [0.4, 0.5) is 5.69 Å². The molecule has 27 heavy (non-hydrogen) atoms. The highest BCUT2D eigenvalue weighted by Gasteiger charge is 2.26. The highest BCUT2D eigenvalue weighted by Crippen LogP contribution is 2.41. The van der Waals surface area contributed by atoms with Crippen molar-refractivity contribution >= 4 is 38.4 Å². The predicted octanol–water partition coefficient (Wildman–Crippen LogP) is 5.61. The Morgan fingerprint density at radius 3 is 2.59 bits per heavy atom. The molecule has 4 heteroatoms. The SMILES string of the molecule is O=C1Cc2c(n(Cc3ccccc3)c3ccc(Br)cc23)-c2ccccc2N1. The standard InChI is InChI=1S/C23H17BrN2O/c24-16-10-11-21-18(12-16)19-13-22(27)25-20-9-5-4-8-17(20)23(19)26(21)14-15-6-2-1-3-7-15/h1-12H,13-14H2,(H,25,27). The van der Waals surface area contributed by atoms with Crippen LogP contribution in [0.2, 0.25) is 0 Å². The molecule has 0 unspecified atom stereocenters. The number of fused-ring (bicyclic) bond motifs is 5. The van der Waals surface area contributed by atoms with Gasteiger partial charge in [-0.15, -0.1) is 0 Å². The van der Waals surface area contributed by atoms with Gasteiger partial charge >= 0.3 is 0 Å². The van der Waals surface area contributed by atoms with Crippen LogP contribution in [-0.2, 0) is 17.8 Å². The predicted molar refractivity (Wildman–Crippen MR) is 113 cm³/mol. The molecule has 0 spiro atoms. The third kappa shape index (κ3) is 2.77. The van der Waals surface area contributed by atoms with Crippen LogP contribution in [0.25, 0.3) is 22.2 Å². The first kappa shape index (κ1) is 16.3. The molecule has 1 amide bonds. The summed E-state index contributed by atoms with van der Waals surface area (Å²) in [4.78, 5) is 12.6. The topological polar surface area (TPSA) is 34.0 Å². The summed E-state index contributed by atoms with van der Waals surface area (Å²) >= 11 is 3.59. The molecule has 5 rings (SSSR count). The largest absolute Gasteiger partial charge is 0.336 e. The Hall–Kier alpha value is -2.85. The smallest absolute Gasteiger partial charge is 0.228 e. The number of anilines is 1. The first-order valence-corrected chi connectivity index (χ1v) is 9.74. The van der Waals surface area contributed by atoms with E-state index >= 15 is 0 Å². The molecule has 1 aromatic heterocycles. The quantitative estimate of drug-likeness (QED) is 0.452. The summed E-state index contributed by atoms with van der Waals surface area (Å²) in [5, 5.41) is 4.19. The molecule has 1 N–H and O–H groups in total. The van der Waals surface area contributed by atoms with Gasteiger partial charge in [-0.25, -0.2) is 0 Å². The van der Waals surface area contributed by atoms with Gasteiger partial charge in [0, 0.05) is 27.5 Å². The number of aromatic nitrogens is 1. The molecule has 4 aromatic rings. The second-order valence-corrected chi connectivity index (χ2v) is 7.75. The second kappa shape index (κ2) is 6.39. The normalized spacial score (nSPS) is 13.0. The summed E-state index contributed by atoms with van der Waals surface area (Å²) in [5.41, 5.74) is 6.54. The maximum absolute atomic E-state index is 12.6. The van der Waals surface area contributed by atoms with Crippen molar-refractivity contribution in [1.29, 1.82) is 0 Å². The van der Waals surface area contributed by atoms with Crippen LogP contribution >= 0.6 is 15.9 Å². The number of nitrogens with one attached hydrogen (secondary N) is 1. The summed E-state index contributed by atoms with van der Waals surface area (Å²) in [7, 11) is 0. The Labute approximate surface area is 165 Å². The van der Waals surface area contributed by atoms with E-state index in [2.05, 4.69) is 74.3 Å². The zero-order valence-corrected chi connectivity index (χ0v) is 16.2. The number of nitrogens with zero attached hydrogens (tertiary/aromatic N) is 1. The molecule has 0 fully saturated rings. The lowest BCUT2D eigenvalue weighted by molar-refractivity contribution is -0.115. The van der Waals surface area contributed by atoms with Gasteiger partial charge in [0.2, 0.25) is 5.91 Å². The van der Waals surface area contributed by atoms with Crippen LogP contribution in [0, 0.1) is 0 Å². The highest BCUT2D eigenvalue weighted by molar-refractivity contribution is 9.10. The number of benzene rings is 3. The zero-order valence-electron chi connectivity index (χ0n) is 14.6. The number of amides is 1. The van der Waals surface area contributed by atoms with Crippen molar-refractivity contribution in [1.82, 2.24) is 4.57 Å². The Kier molecular flexibility index (Phi) is 3.87. The maximum Gasteiger partial charge on any atom is 0.228 e. The molecule has 0 saturated heterocycles. The van der Waals surface area contributed by atoms with Crippen LogP contribution in [0.15, 0.2) is 77.3 Å². The minimum atomic E-state index is 0.0277. The van der Waals surface area contributed by atoms with Gasteiger partial charge in [0.15, 0.2) is 0 Å². The van der Waals surface area contributed by atoms with Crippen molar-refractivity contribution in [2.24, 2.45) is 0 Å². The van der Waals surface area contributed by atoms with Crippen molar-refractivity contribution in [3.8, 4) is 11.3 Å². The van der Waals surface area contributed by atoms with Gasteiger partial charge in [-0.2, -0.15) is 0 Å². The Morgan fingerprint density at radius 2 is 1.74 bits per heavy atom. The molecule has 0 radical (unpaired) electrons. The molecule has 0 atom stereocenters. The summed E-state index contributed by atoms with van der Waals surface area (Å²) < 4.78 is 3.36. The third-order valence-corrected chi connectivity index (χ3v) is 5.60. The van der Waals surface area contributed by atoms with Crippen LogP contribution in [0.1, 0.15) is 11.1 Å². The van der Waals surface area contributed by atoms with Gasteiger partial charge in [-0.1, -0.05) is 64.5 Å². The molecule has 0 bridgehead atoms. The van der Waals surface area contributed by atoms with Gasteiger partial charge in [0.05, 0.1) is 17.8 Å². The number of rotatable bonds is 2. The molecule has 0 saturated carbocycles. The monoisotopic (exact) mass is 416 g/mol. The summed E-state index contributed by atoms with van der Waals surface area (Å²) in [6, 6.07) is 24.8. The number of carbonyl (C=O) groups is 1. The van der Waals surface area contributed by atoms with Gasteiger partial charge in [0.1, 0.15) is 0 Å². The van der Waals surface area contributed by atoms with Crippen molar-refractivity contribution in [2.75, 3.05) is 5.32 Å². The van der Waals surface area contributed by atoms with Crippen LogP contribution in [0.3, 0.4) is 0 Å². The fourth-order valence-electron chi connectivity index (χ4n) is 3.97. The molecule has 3 aromatic carbocycles. The van der Waals surface area contributed by atoms with Crippen molar-refractivity contribution in [3.05, 3.63) is 88.4 Å². The molecular formula is C23H17BrN2O. The first-order chi connectivity index (χ1) is 13.2. The van der Waals surface area contributed by atoms with Gasteiger partial charge in [-0.3, -0.25) is 4.79 Å². The zero-order chi connectivity index (χ0) is 18.4. The van der Waals surface area contributed by atoms with E-state index in [0.717, 1.165) is 44.4 Å². The molecule has 0 aliphatic carbocycles. The van der Waals surface area contributed by atoms with E-state index in [1.807, 2.05) is 24.3 Å². The number of carbonyl (C=O) groups excluding carboxylic acids is 1. The van der Waals surface area contributed by atoms with E-state index in [4.69, 9.17) is 0 Å². The molecule has 1 aliphatic rings. The van der Waals surface area contributed by atoms with Crippen molar-refractivity contribution < 1.29 is 4.79 Å². The van der Waals surface area contributed by atoms with Crippen LogP contribution in [-0.4, -0.2) is 10.5 Å². The summed E-state index contributed by atoms with van der Waals surface area (Å²) in [5.74, 6) is 0.0277. The van der Waals surface area contributed by atoms with E-state index in [-0.39, 0.29) is 5.91 Å². The number of para-hydroxylation sites is 1. The second-order valence-electron chi connectivity index (χ2n) is 6.83. The number of halogens is 1. The van der Waals surface area contributed by atoms with Crippen molar-refractivity contribution in [3.63, 3.8) is 0 Å². The van der Waals surface area contributed by atoms with Gasteiger partial charge in [-0.05, 0) is 35.4 Å². The van der Waals surface area contributed by atoms with E-state index in [0.29, 0.717) is 6.42 Å². The number of hydrogen-bond acceptors (Lipinski definition) is 1. The first-order valence-electron chi connectivity index (χ1n) is 8.94. The molecule has 2 heterocycles. The molecule has 1 aliphatic heterocycles. The fraction of sp³-hybridized carbons (Fsp3) is 0.0870. The average molecular weight is 417 g/mol. The lowest BCUT2D eigenvalue weighted by atomic mass is 10.0. The Morgan fingerprint density at radius 1 is 0.963 bits per heavy atom. The molecule has 3 nitrogen and oxygen atoms in total. The Balaban J connectivity index is 1.85. The van der Waals surface area contributed by atoms with Crippen LogP contribution < -0.4 is 5.32 Å². The van der Waals surface area contributed by atoms with Crippen molar-refractivity contribution in [2.45, 2.75) is 13.0 Å². The summed E-state index contributed by atoms with van der Waals surface area (Å²) in [6.45, 7) is 0.761. The number of hydrogen-bond donors (Lipinski definition) is 1. The van der Waals surface area contributed by atoms with E-state index in [1.165, 1.54) is 5.56 Å². The third-order valence-electron chi connectivity index (χ3n) is 5.11. The lowest BCUT2D eigenvalue weighted by Gasteiger charge is -2.14. The lowest BCUT2D eigenvalue weighted by Crippen LogP contribution is -2.12. The minimum Gasteiger partial charge on any atom is -0.336 e. The van der Waals surface area contributed by atoms with Crippen LogP contribution in [0.5, 0.6) is 0 Å².